The summed E-state index contributed by atoms with van der Waals surface area (Å²) in [4.78, 5) is 2.48. The van der Waals surface area contributed by atoms with Crippen LogP contribution >= 0.6 is 0 Å². The first-order chi connectivity index (χ1) is 16.8. The number of hydrogen-bond donors (Lipinski definition) is 1. The molecule has 3 nitrogen and oxygen atoms in total. The highest BCUT2D eigenvalue weighted by atomic mass is 16.5. The summed E-state index contributed by atoms with van der Waals surface area (Å²) in [7, 11) is 1.74. The van der Waals surface area contributed by atoms with Crippen molar-refractivity contribution in [3.8, 4) is 11.5 Å². The van der Waals surface area contributed by atoms with Crippen LogP contribution in [0.25, 0.3) is 0 Å². The average Bonchev–Trinajstić information content (AvgIpc) is 2.87. The molecule has 0 saturated heterocycles. The van der Waals surface area contributed by atoms with Crippen molar-refractivity contribution >= 4 is 5.69 Å². The third-order valence-corrected chi connectivity index (χ3v) is 7.85. The lowest BCUT2D eigenvalue weighted by atomic mass is 9.79. The zero-order valence-electron chi connectivity index (χ0n) is 22.1. The molecule has 1 atom stereocenters. The summed E-state index contributed by atoms with van der Waals surface area (Å²) in [5.74, 6) is 1.73. The van der Waals surface area contributed by atoms with Crippen molar-refractivity contribution in [3.63, 3.8) is 0 Å². The molecule has 0 spiro atoms. The maximum Gasteiger partial charge on any atom is 0.120 e. The predicted octanol–water partition coefficient (Wildman–Crippen LogP) is 7.68. The first-order valence-corrected chi connectivity index (χ1v) is 13.1. The average molecular weight is 472 g/mol. The Bertz CT molecular complexity index is 1130. The van der Waals surface area contributed by atoms with E-state index in [2.05, 4.69) is 81.1 Å². The SMILES string of the molecule is CCN(Cc1ccc(CC(C)(C)CC)cc1)c1cc(OC)ccc1[C@@H]1CCc2cc(O)ccc2C1. The van der Waals surface area contributed by atoms with Crippen LogP contribution in [0.4, 0.5) is 5.69 Å². The summed E-state index contributed by atoms with van der Waals surface area (Å²) in [5.41, 5.74) is 8.40. The van der Waals surface area contributed by atoms with Crippen LogP contribution < -0.4 is 9.64 Å². The van der Waals surface area contributed by atoms with Crippen molar-refractivity contribution in [1.29, 1.82) is 0 Å². The number of benzene rings is 3. The van der Waals surface area contributed by atoms with Gasteiger partial charge in [0.1, 0.15) is 11.5 Å². The van der Waals surface area contributed by atoms with Crippen molar-refractivity contribution in [2.24, 2.45) is 5.41 Å². The van der Waals surface area contributed by atoms with Crippen molar-refractivity contribution < 1.29 is 9.84 Å². The van der Waals surface area contributed by atoms with Crippen LogP contribution in [-0.2, 0) is 25.8 Å². The number of aryl methyl sites for hydroxylation is 1. The fraction of sp³-hybridized carbons (Fsp3) is 0.438. The minimum absolute atomic E-state index is 0.337. The summed E-state index contributed by atoms with van der Waals surface area (Å²) in [5, 5.41) is 9.88. The lowest BCUT2D eigenvalue weighted by Crippen LogP contribution is -2.25. The lowest BCUT2D eigenvalue weighted by Gasteiger charge is -2.32. The highest BCUT2D eigenvalue weighted by Crippen LogP contribution is 2.40. The van der Waals surface area contributed by atoms with E-state index >= 15 is 0 Å². The van der Waals surface area contributed by atoms with Gasteiger partial charge in [0.05, 0.1) is 7.11 Å². The second-order valence-electron chi connectivity index (χ2n) is 10.8. The first-order valence-electron chi connectivity index (χ1n) is 13.1. The summed E-state index contributed by atoms with van der Waals surface area (Å²) < 4.78 is 5.63. The van der Waals surface area contributed by atoms with Gasteiger partial charge >= 0.3 is 0 Å². The summed E-state index contributed by atoms with van der Waals surface area (Å²) in [6, 6.07) is 21.6. The molecule has 0 aromatic heterocycles. The van der Waals surface area contributed by atoms with Gasteiger partial charge in [-0.1, -0.05) is 63.6 Å². The molecule has 1 aliphatic carbocycles. The fourth-order valence-electron chi connectivity index (χ4n) is 5.30. The fourth-order valence-corrected chi connectivity index (χ4v) is 5.30. The maximum absolute atomic E-state index is 9.88. The maximum atomic E-state index is 9.88. The molecular formula is C32H41NO2. The minimum Gasteiger partial charge on any atom is -0.508 e. The van der Waals surface area contributed by atoms with Crippen molar-refractivity contribution in [2.75, 3.05) is 18.6 Å². The van der Waals surface area contributed by atoms with Gasteiger partial charge in [0.15, 0.2) is 0 Å². The van der Waals surface area contributed by atoms with Crippen molar-refractivity contribution in [1.82, 2.24) is 0 Å². The van der Waals surface area contributed by atoms with Gasteiger partial charge in [0, 0.05) is 24.8 Å². The largest absolute Gasteiger partial charge is 0.508 e. The molecule has 186 valence electrons. The van der Waals surface area contributed by atoms with Crippen LogP contribution in [0.1, 0.15) is 74.3 Å². The van der Waals surface area contributed by atoms with Gasteiger partial charge in [0.25, 0.3) is 0 Å². The Balaban J connectivity index is 1.58. The minimum atomic E-state index is 0.337. The van der Waals surface area contributed by atoms with Crippen LogP contribution in [0.5, 0.6) is 11.5 Å². The van der Waals surface area contributed by atoms with Gasteiger partial charge in [-0.2, -0.15) is 0 Å². The quantitative estimate of drug-likeness (QED) is 0.347. The van der Waals surface area contributed by atoms with Gasteiger partial charge in [-0.3, -0.25) is 0 Å². The third kappa shape index (κ3) is 6.01. The van der Waals surface area contributed by atoms with Crippen LogP contribution in [0.15, 0.2) is 60.7 Å². The van der Waals surface area contributed by atoms with E-state index in [1.54, 1.807) is 7.11 Å². The van der Waals surface area contributed by atoms with Crippen LogP contribution in [0, 0.1) is 5.41 Å². The normalized spacial score (nSPS) is 15.5. The zero-order chi connectivity index (χ0) is 25.0. The lowest BCUT2D eigenvalue weighted by molar-refractivity contribution is 0.349. The molecule has 0 fully saturated rings. The molecule has 0 saturated carbocycles. The second kappa shape index (κ2) is 10.8. The number of ether oxygens (including phenoxy) is 1. The summed E-state index contributed by atoms with van der Waals surface area (Å²) in [6.07, 6.45) is 5.40. The first kappa shape index (κ1) is 25.2. The highest BCUT2D eigenvalue weighted by Gasteiger charge is 2.25. The molecule has 0 radical (unpaired) electrons. The smallest absolute Gasteiger partial charge is 0.120 e. The number of phenols is 1. The van der Waals surface area contributed by atoms with Crippen LogP contribution in [0.2, 0.25) is 0 Å². The number of phenolic OH excluding ortho intramolecular Hbond substituents is 1. The number of rotatable bonds is 9. The molecule has 0 heterocycles. The number of nitrogens with zero attached hydrogens (tertiary/aromatic N) is 1. The standard InChI is InChI=1S/C32H41NO2/c1-6-32(3,4)21-23-8-10-24(11-9-23)22-33(7-2)31-20-29(35-5)16-17-30(31)27-13-12-26-19-28(34)15-14-25(26)18-27/h8-11,14-17,19-20,27,34H,6-7,12-13,18,21-22H2,1-5H3/t27-/m1/s1. The summed E-state index contributed by atoms with van der Waals surface area (Å²) in [6.45, 7) is 11.0. The molecule has 0 unspecified atom stereocenters. The Morgan fingerprint density at radius 1 is 0.943 bits per heavy atom. The summed E-state index contributed by atoms with van der Waals surface area (Å²) >= 11 is 0. The molecule has 3 aromatic rings. The van der Waals surface area contributed by atoms with E-state index in [0.29, 0.717) is 17.1 Å². The molecular weight excluding hydrogens is 430 g/mol. The Labute approximate surface area is 211 Å². The van der Waals surface area contributed by atoms with Crippen LogP contribution in [-0.4, -0.2) is 18.8 Å². The van der Waals surface area contributed by atoms with E-state index < -0.39 is 0 Å². The van der Waals surface area contributed by atoms with Gasteiger partial charge in [0.2, 0.25) is 0 Å². The predicted molar refractivity (Wildman–Crippen MR) is 147 cm³/mol. The van der Waals surface area contributed by atoms with E-state index in [1.807, 2.05) is 12.1 Å². The van der Waals surface area contributed by atoms with Crippen LogP contribution in [0.3, 0.4) is 0 Å². The molecule has 1 aliphatic rings. The highest BCUT2D eigenvalue weighted by molar-refractivity contribution is 5.60. The van der Waals surface area contributed by atoms with E-state index in [1.165, 1.54) is 39.9 Å². The molecule has 3 heteroatoms. The Hall–Kier alpha value is -2.94. The molecule has 0 amide bonds. The topological polar surface area (TPSA) is 32.7 Å². The van der Waals surface area contributed by atoms with Crippen molar-refractivity contribution in [3.05, 3.63) is 88.5 Å². The molecule has 0 bridgehead atoms. The number of aromatic hydroxyl groups is 1. The molecule has 0 aliphatic heterocycles. The Morgan fingerprint density at radius 2 is 1.69 bits per heavy atom. The van der Waals surface area contributed by atoms with Gasteiger partial charge in [-0.25, -0.2) is 0 Å². The second-order valence-corrected chi connectivity index (χ2v) is 10.8. The monoisotopic (exact) mass is 471 g/mol. The van der Waals surface area contributed by atoms with E-state index in [4.69, 9.17) is 4.74 Å². The number of hydrogen-bond acceptors (Lipinski definition) is 3. The number of methoxy groups -OCH3 is 1. The third-order valence-electron chi connectivity index (χ3n) is 7.85. The van der Waals surface area contributed by atoms with E-state index in [-0.39, 0.29) is 0 Å². The molecule has 3 aromatic carbocycles. The van der Waals surface area contributed by atoms with E-state index in [0.717, 1.165) is 44.5 Å². The zero-order valence-corrected chi connectivity index (χ0v) is 22.1. The van der Waals surface area contributed by atoms with Crippen molar-refractivity contribution in [2.45, 2.75) is 72.3 Å². The Kier molecular flexibility index (Phi) is 7.74. The molecule has 35 heavy (non-hydrogen) atoms. The number of fused-ring (bicyclic) bond motifs is 1. The van der Waals surface area contributed by atoms with Gasteiger partial charge in [-0.05, 0) is 90.0 Å². The molecule has 4 rings (SSSR count). The Morgan fingerprint density at radius 3 is 2.37 bits per heavy atom. The van der Waals surface area contributed by atoms with Gasteiger partial charge in [-0.15, -0.1) is 0 Å². The van der Waals surface area contributed by atoms with Gasteiger partial charge < -0.3 is 14.7 Å². The molecule has 1 N–H and O–H groups in total. The number of anilines is 1. The van der Waals surface area contributed by atoms with E-state index in [9.17, 15) is 5.11 Å².